The van der Waals surface area contributed by atoms with Gasteiger partial charge in [0.2, 0.25) is 0 Å². The summed E-state index contributed by atoms with van der Waals surface area (Å²) in [5, 5.41) is 3.88. The van der Waals surface area contributed by atoms with Crippen LogP contribution in [0.3, 0.4) is 0 Å². The van der Waals surface area contributed by atoms with Crippen LogP contribution in [0.2, 0.25) is 0 Å². The molecule has 2 aliphatic rings. The van der Waals surface area contributed by atoms with Gasteiger partial charge in [-0.1, -0.05) is 52.4 Å². The van der Waals surface area contributed by atoms with Crippen molar-refractivity contribution in [1.29, 1.82) is 0 Å². The first-order valence-electron chi connectivity index (χ1n) is 8.56. The molecule has 18 heavy (non-hydrogen) atoms. The van der Waals surface area contributed by atoms with Gasteiger partial charge in [0.15, 0.2) is 0 Å². The molecule has 0 bridgehead atoms. The molecule has 0 aliphatic heterocycles. The molecule has 2 aliphatic carbocycles. The summed E-state index contributed by atoms with van der Waals surface area (Å²) in [5.74, 6) is 3.06. The van der Waals surface area contributed by atoms with Crippen LogP contribution in [0.1, 0.15) is 78.1 Å². The van der Waals surface area contributed by atoms with Gasteiger partial charge in [-0.05, 0) is 50.0 Å². The van der Waals surface area contributed by atoms with Crippen molar-refractivity contribution < 1.29 is 0 Å². The fraction of sp³-hybridized carbons (Fsp3) is 1.00. The van der Waals surface area contributed by atoms with Crippen LogP contribution in [0.25, 0.3) is 0 Å². The number of nitrogens with one attached hydrogen (secondary N) is 1. The quantitative estimate of drug-likeness (QED) is 0.688. The molecule has 1 nitrogen and oxygen atoms in total. The highest BCUT2D eigenvalue weighted by Gasteiger charge is 2.31. The maximum Gasteiger partial charge on any atom is 0.00980 e. The number of hydrogen-bond donors (Lipinski definition) is 1. The summed E-state index contributed by atoms with van der Waals surface area (Å²) in [6.45, 7) is 5.90. The zero-order valence-corrected chi connectivity index (χ0v) is 12.6. The normalized spacial score (nSPS) is 31.0. The molecular weight excluding hydrogens is 218 g/mol. The standard InChI is InChI=1S/C17H33N/c1-3-11-18-17(13-15-7-5-6-8-15)16-10-9-14(4-2)12-16/h14-18H,3-13H2,1-2H3. The van der Waals surface area contributed by atoms with E-state index in [2.05, 4.69) is 19.2 Å². The minimum absolute atomic E-state index is 0.838. The summed E-state index contributed by atoms with van der Waals surface area (Å²) in [5.41, 5.74) is 0. The summed E-state index contributed by atoms with van der Waals surface area (Å²) >= 11 is 0. The lowest BCUT2D eigenvalue weighted by Gasteiger charge is -2.27. The Morgan fingerprint density at radius 2 is 1.78 bits per heavy atom. The van der Waals surface area contributed by atoms with Crippen molar-refractivity contribution in [1.82, 2.24) is 5.32 Å². The average Bonchev–Trinajstić information content (AvgIpc) is 3.05. The average molecular weight is 251 g/mol. The van der Waals surface area contributed by atoms with Crippen molar-refractivity contribution in [3.8, 4) is 0 Å². The van der Waals surface area contributed by atoms with Gasteiger partial charge in [-0.25, -0.2) is 0 Å². The van der Waals surface area contributed by atoms with Gasteiger partial charge in [-0.3, -0.25) is 0 Å². The SMILES string of the molecule is CCCNC(CC1CCCC1)C1CCC(CC)C1. The molecule has 0 aromatic carbocycles. The van der Waals surface area contributed by atoms with Crippen molar-refractivity contribution in [3.63, 3.8) is 0 Å². The van der Waals surface area contributed by atoms with Crippen LogP contribution >= 0.6 is 0 Å². The van der Waals surface area contributed by atoms with Gasteiger partial charge in [0.1, 0.15) is 0 Å². The van der Waals surface area contributed by atoms with Crippen molar-refractivity contribution in [3.05, 3.63) is 0 Å². The van der Waals surface area contributed by atoms with E-state index in [1.807, 2.05) is 0 Å². The Kier molecular flexibility index (Phi) is 6.01. The molecule has 1 heteroatoms. The highest BCUT2D eigenvalue weighted by Crippen LogP contribution is 2.38. The lowest BCUT2D eigenvalue weighted by atomic mass is 9.87. The molecule has 0 amide bonds. The van der Waals surface area contributed by atoms with Crippen LogP contribution in [-0.4, -0.2) is 12.6 Å². The molecule has 0 aromatic heterocycles. The summed E-state index contributed by atoms with van der Waals surface area (Å²) in [7, 11) is 0. The molecule has 106 valence electrons. The third-order valence-electron chi connectivity index (χ3n) is 5.45. The minimum Gasteiger partial charge on any atom is -0.314 e. The van der Waals surface area contributed by atoms with E-state index in [0.29, 0.717) is 0 Å². The van der Waals surface area contributed by atoms with Crippen LogP contribution in [-0.2, 0) is 0 Å². The van der Waals surface area contributed by atoms with E-state index in [0.717, 1.165) is 23.8 Å². The molecule has 0 spiro atoms. The molecule has 1 N–H and O–H groups in total. The first-order valence-corrected chi connectivity index (χ1v) is 8.56. The van der Waals surface area contributed by atoms with Gasteiger partial charge in [0.05, 0.1) is 0 Å². The van der Waals surface area contributed by atoms with E-state index in [1.54, 1.807) is 0 Å². The maximum atomic E-state index is 3.88. The fourth-order valence-corrected chi connectivity index (χ4v) is 4.23. The molecule has 2 fully saturated rings. The van der Waals surface area contributed by atoms with Crippen LogP contribution < -0.4 is 5.32 Å². The minimum atomic E-state index is 0.838. The molecule has 2 rings (SSSR count). The Bertz CT molecular complexity index is 220. The highest BCUT2D eigenvalue weighted by molar-refractivity contribution is 4.86. The van der Waals surface area contributed by atoms with Crippen LogP contribution in [0, 0.1) is 17.8 Å². The summed E-state index contributed by atoms with van der Waals surface area (Å²) in [6.07, 6.45) is 14.7. The molecule has 0 aromatic rings. The van der Waals surface area contributed by atoms with Gasteiger partial charge < -0.3 is 5.32 Å². The Morgan fingerprint density at radius 1 is 1.00 bits per heavy atom. The first-order chi connectivity index (χ1) is 8.83. The molecule has 2 saturated carbocycles. The first kappa shape index (κ1) is 14.4. The van der Waals surface area contributed by atoms with Gasteiger partial charge in [0.25, 0.3) is 0 Å². The molecule has 3 unspecified atom stereocenters. The maximum absolute atomic E-state index is 3.88. The Morgan fingerprint density at radius 3 is 2.39 bits per heavy atom. The Hall–Kier alpha value is -0.0400. The van der Waals surface area contributed by atoms with E-state index in [4.69, 9.17) is 0 Å². The number of rotatable bonds is 7. The summed E-state index contributed by atoms with van der Waals surface area (Å²) < 4.78 is 0. The van der Waals surface area contributed by atoms with E-state index < -0.39 is 0 Å². The monoisotopic (exact) mass is 251 g/mol. The molecule has 3 atom stereocenters. The van der Waals surface area contributed by atoms with E-state index >= 15 is 0 Å². The molecule has 0 saturated heterocycles. The van der Waals surface area contributed by atoms with Crippen LogP contribution in [0.15, 0.2) is 0 Å². The van der Waals surface area contributed by atoms with Gasteiger partial charge in [-0.2, -0.15) is 0 Å². The molecule has 0 heterocycles. The second-order valence-electron chi connectivity index (χ2n) is 6.79. The zero-order valence-electron chi connectivity index (χ0n) is 12.6. The van der Waals surface area contributed by atoms with Gasteiger partial charge in [0, 0.05) is 6.04 Å². The van der Waals surface area contributed by atoms with E-state index in [1.165, 1.54) is 70.8 Å². The van der Waals surface area contributed by atoms with Crippen molar-refractivity contribution in [2.75, 3.05) is 6.54 Å². The summed E-state index contributed by atoms with van der Waals surface area (Å²) in [4.78, 5) is 0. The van der Waals surface area contributed by atoms with Crippen LogP contribution in [0.4, 0.5) is 0 Å². The number of hydrogen-bond acceptors (Lipinski definition) is 1. The molecule has 0 radical (unpaired) electrons. The zero-order chi connectivity index (χ0) is 12.8. The molecular formula is C17H33N. The van der Waals surface area contributed by atoms with Crippen molar-refractivity contribution in [2.24, 2.45) is 17.8 Å². The topological polar surface area (TPSA) is 12.0 Å². The van der Waals surface area contributed by atoms with E-state index in [-0.39, 0.29) is 0 Å². The Balaban J connectivity index is 1.83. The third-order valence-corrected chi connectivity index (χ3v) is 5.45. The van der Waals surface area contributed by atoms with Gasteiger partial charge in [-0.15, -0.1) is 0 Å². The van der Waals surface area contributed by atoms with Crippen LogP contribution in [0.5, 0.6) is 0 Å². The van der Waals surface area contributed by atoms with E-state index in [9.17, 15) is 0 Å². The predicted molar refractivity (Wildman–Crippen MR) is 79.8 cm³/mol. The van der Waals surface area contributed by atoms with Gasteiger partial charge >= 0.3 is 0 Å². The second kappa shape index (κ2) is 7.53. The van der Waals surface area contributed by atoms with Crippen molar-refractivity contribution >= 4 is 0 Å². The lowest BCUT2D eigenvalue weighted by Crippen LogP contribution is -2.37. The Labute approximate surface area is 114 Å². The predicted octanol–water partition coefficient (Wildman–Crippen LogP) is 4.76. The highest BCUT2D eigenvalue weighted by atomic mass is 14.9. The third kappa shape index (κ3) is 3.98. The van der Waals surface area contributed by atoms with Crippen molar-refractivity contribution in [2.45, 2.75) is 84.1 Å². The lowest BCUT2D eigenvalue weighted by molar-refractivity contribution is 0.288. The smallest absolute Gasteiger partial charge is 0.00980 e. The summed E-state index contributed by atoms with van der Waals surface area (Å²) in [6, 6.07) is 0.838. The fourth-order valence-electron chi connectivity index (χ4n) is 4.23. The largest absolute Gasteiger partial charge is 0.314 e. The second-order valence-corrected chi connectivity index (χ2v) is 6.79.